The van der Waals surface area contributed by atoms with E-state index >= 15 is 0 Å². The summed E-state index contributed by atoms with van der Waals surface area (Å²) in [5.41, 5.74) is 0.946. The fourth-order valence-electron chi connectivity index (χ4n) is 3.74. The highest BCUT2D eigenvalue weighted by molar-refractivity contribution is 5.93. The summed E-state index contributed by atoms with van der Waals surface area (Å²) in [6.45, 7) is 0.948. The Morgan fingerprint density at radius 2 is 1.81 bits per heavy atom. The van der Waals surface area contributed by atoms with Crippen LogP contribution in [0.5, 0.6) is 0 Å². The van der Waals surface area contributed by atoms with Gasteiger partial charge in [0.1, 0.15) is 0 Å². The van der Waals surface area contributed by atoms with Crippen molar-refractivity contribution in [3.05, 3.63) is 66.1 Å². The predicted molar refractivity (Wildman–Crippen MR) is 96.4 cm³/mol. The van der Waals surface area contributed by atoms with Gasteiger partial charge in [0.25, 0.3) is 0 Å². The Morgan fingerprint density at radius 1 is 1.04 bits per heavy atom. The summed E-state index contributed by atoms with van der Waals surface area (Å²) in [5, 5.41) is 10.9. The molecule has 0 saturated carbocycles. The summed E-state index contributed by atoms with van der Waals surface area (Å²) in [7, 11) is 0. The molecule has 2 atom stereocenters. The van der Waals surface area contributed by atoms with Crippen molar-refractivity contribution in [1.82, 2.24) is 9.97 Å². The van der Waals surface area contributed by atoms with E-state index in [0.29, 0.717) is 30.6 Å². The molecule has 1 aliphatic rings. The molecule has 1 aliphatic heterocycles. The van der Waals surface area contributed by atoms with Crippen LogP contribution in [0.15, 0.2) is 55.0 Å². The standard InChI is InChI=1S/C20H18F3N3O/c21-20(22,23)16-3-1-2-15-17(6-9-25-19(15)16)26-11-14(18(27)12-26)10-13-4-7-24-8-5-13/h1-9,14,18,27H,10-12H2/t14-,18+/m1/s1. The van der Waals surface area contributed by atoms with Gasteiger partial charge in [0.05, 0.1) is 17.2 Å². The van der Waals surface area contributed by atoms with Gasteiger partial charge in [0.15, 0.2) is 0 Å². The van der Waals surface area contributed by atoms with Crippen molar-refractivity contribution in [2.45, 2.75) is 18.7 Å². The molecule has 140 valence electrons. The van der Waals surface area contributed by atoms with Gasteiger partial charge < -0.3 is 10.0 Å². The van der Waals surface area contributed by atoms with Crippen molar-refractivity contribution in [2.75, 3.05) is 18.0 Å². The maximum Gasteiger partial charge on any atom is 0.418 e. The molecule has 0 aliphatic carbocycles. The van der Waals surface area contributed by atoms with E-state index in [9.17, 15) is 18.3 Å². The van der Waals surface area contributed by atoms with Crippen LogP contribution < -0.4 is 4.90 Å². The average Bonchev–Trinajstić information content (AvgIpc) is 3.01. The predicted octanol–water partition coefficient (Wildman–Crippen LogP) is 3.69. The molecule has 2 aromatic heterocycles. The maximum absolute atomic E-state index is 13.3. The number of hydrogen-bond donors (Lipinski definition) is 1. The minimum atomic E-state index is -4.46. The lowest BCUT2D eigenvalue weighted by atomic mass is 9.97. The second kappa shape index (κ2) is 6.81. The number of aliphatic hydroxyl groups excluding tert-OH is 1. The largest absolute Gasteiger partial charge is 0.418 e. The molecule has 0 radical (unpaired) electrons. The second-order valence-electron chi connectivity index (χ2n) is 6.82. The molecule has 1 fully saturated rings. The first-order chi connectivity index (χ1) is 12.9. The van der Waals surface area contributed by atoms with Crippen LogP contribution in [0.1, 0.15) is 11.1 Å². The Bertz CT molecular complexity index is 946. The molecule has 3 aromatic rings. The van der Waals surface area contributed by atoms with E-state index in [0.717, 1.165) is 11.6 Å². The summed E-state index contributed by atoms with van der Waals surface area (Å²) in [6, 6.07) is 9.63. The third-order valence-electron chi connectivity index (χ3n) is 5.05. The van der Waals surface area contributed by atoms with Gasteiger partial charge in [-0.25, -0.2) is 0 Å². The molecular formula is C20H18F3N3O. The van der Waals surface area contributed by atoms with Crippen LogP contribution in [-0.2, 0) is 12.6 Å². The van der Waals surface area contributed by atoms with E-state index in [1.165, 1.54) is 12.3 Å². The van der Waals surface area contributed by atoms with Gasteiger partial charge in [0, 0.05) is 48.7 Å². The van der Waals surface area contributed by atoms with Crippen molar-refractivity contribution < 1.29 is 18.3 Å². The van der Waals surface area contributed by atoms with Crippen molar-refractivity contribution in [3.8, 4) is 0 Å². The minimum absolute atomic E-state index is 0.00131. The van der Waals surface area contributed by atoms with Crippen molar-refractivity contribution in [1.29, 1.82) is 0 Å². The minimum Gasteiger partial charge on any atom is -0.391 e. The zero-order chi connectivity index (χ0) is 19.0. The summed E-state index contributed by atoms with van der Waals surface area (Å²) in [6.07, 6.45) is 0.506. The number of alkyl halides is 3. The van der Waals surface area contributed by atoms with Crippen LogP contribution in [0.2, 0.25) is 0 Å². The Labute approximate surface area is 154 Å². The molecule has 1 aromatic carbocycles. The number of benzene rings is 1. The number of aliphatic hydroxyl groups is 1. The molecule has 0 bridgehead atoms. The van der Waals surface area contributed by atoms with E-state index in [1.807, 2.05) is 17.0 Å². The third-order valence-corrected chi connectivity index (χ3v) is 5.05. The Hall–Kier alpha value is -2.67. The van der Waals surface area contributed by atoms with E-state index in [1.54, 1.807) is 24.5 Å². The molecule has 0 unspecified atom stereocenters. The summed E-state index contributed by atoms with van der Waals surface area (Å²) in [4.78, 5) is 9.91. The number of nitrogens with zero attached hydrogens (tertiary/aromatic N) is 3. The zero-order valence-electron chi connectivity index (χ0n) is 14.4. The summed E-state index contributed by atoms with van der Waals surface area (Å²) in [5.74, 6) is 0.00131. The lowest BCUT2D eigenvalue weighted by Crippen LogP contribution is -2.21. The summed E-state index contributed by atoms with van der Waals surface area (Å²) >= 11 is 0. The lowest BCUT2D eigenvalue weighted by Gasteiger charge is -2.21. The first-order valence-corrected chi connectivity index (χ1v) is 8.70. The zero-order valence-corrected chi connectivity index (χ0v) is 14.4. The molecule has 0 amide bonds. The van der Waals surface area contributed by atoms with Crippen LogP contribution >= 0.6 is 0 Å². The molecule has 1 saturated heterocycles. The van der Waals surface area contributed by atoms with Gasteiger partial charge in [-0.15, -0.1) is 0 Å². The first kappa shape index (κ1) is 17.7. The Morgan fingerprint density at radius 3 is 2.56 bits per heavy atom. The maximum atomic E-state index is 13.3. The molecular weight excluding hydrogens is 355 g/mol. The van der Waals surface area contributed by atoms with Crippen LogP contribution in [0.4, 0.5) is 18.9 Å². The quantitative estimate of drug-likeness (QED) is 0.761. The van der Waals surface area contributed by atoms with Crippen molar-refractivity contribution in [3.63, 3.8) is 0 Å². The van der Waals surface area contributed by atoms with Gasteiger partial charge in [-0.05, 0) is 36.2 Å². The molecule has 27 heavy (non-hydrogen) atoms. The van der Waals surface area contributed by atoms with E-state index < -0.39 is 17.8 Å². The highest BCUT2D eigenvalue weighted by Gasteiger charge is 2.35. The van der Waals surface area contributed by atoms with Crippen LogP contribution in [0.25, 0.3) is 10.9 Å². The topological polar surface area (TPSA) is 49.2 Å². The van der Waals surface area contributed by atoms with Crippen molar-refractivity contribution >= 4 is 16.6 Å². The SMILES string of the molecule is O[C@H]1CN(c2ccnc3c(C(F)(F)F)cccc23)C[C@H]1Cc1ccncc1. The fourth-order valence-corrected chi connectivity index (χ4v) is 3.74. The third kappa shape index (κ3) is 3.47. The van der Waals surface area contributed by atoms with Gasteiger partial charge in [-0.1, -0.05) is 12.1 Å². The Kier molecular flexibility index (Phi) is 4.47. The molecule has 4 rings (SSSR count). The monoisotopic (exact) mass is 373 g/mol. The lowest BCUT2D eigenvalue weighted by molar-refractivity contribution is -0.136. The molecule has 1 N–H and O–H groups in total. The highest BCUT2D eigenvalue weighted by Crippen LogP contribution is 2.38. The second-order valence-corrected chi connectivity index (χ2v) is 6.82. The number of pyridine rings is 2. The van der Waals surface area contributed by atoms with E-state index in [-0.39, 0.29) is 11.4 Å². The molecule has 4 nitrogen and oxygen atoms in total. The van der Waals surface area contributed by atoms with E-state index in [4.69, 9.17) is 0 Å². The first-order valence-electron chi connectivity index (χ1n) is 8.70. The van der Waals surface area contributed by atoms with Gasteiger partial charge in [0.2, 0.25) is 0 Å². The summed E-state index contributed by atoms with van der Waals surface area (Å²) < 4.78 is 39.9. The number of anilines is 1. The van der Waals surface area contributed by atoms with Crippen LogP contribution in [-0.4, -0.2) is 34.3 Å². The highest BCUT2D eigenvalue weighted by atomic mass is 19.4. The fraction of sp³-hybridized carbons (Fsp3) is 0.300. The number of halogens is 3. The molecule has 0 spiro atoms. The van der Waals surface area contributed by atoms with Crippen LogP contribution in [0.3, 0.4) is 0 Å². The Balaban J connectivity index is 1.65. The number of fused-ring (bicyclic) bond motifs is 1. The number of aromatic nitrogens is 2. The smallest absolute Gasteiger partial charge is 0.391 e. The van der Waals surface area contributed by atoms with Crippen LogP contribution in [0, 0.1) is 5.92 Å². The number of hydrogen-bond acceptors (Lipinski definition) is 4. The normalized spacial score (nSPS) is 20.4. The number of β-amino-alcohol motifs (C(OH)–C–C–N with tert-alkyl or cyclic N) is 1. The molecule has 3 heterocycles. The number of para-hydroxylation sites is 1. The van der Waals surface area contributed by atoms with Gasteiger partial charge >= 0.3 is 6.18 Å². The van der Waals surface area contributed by atoms with Crippen molar-refractivity contribution in [2.24, 2.45) is 5.92 Å². The van der Waals surface area contributed by atoms with Gasteiger partial charge in [-0.3, -0.25) is 9.97 Å². The average molecular weight is 373 g/mol. The van der Waals surface area contributed by atoms with Gasteiger partial charge in [-0.2, -0.15) is 13.2 Å². The number of rotatable bonds is 3. The van der Waals surface area contributed by atoms with E-state index in [2.05, 4.69) is 9.97 Å². The molecule has 7 heteroatoms.